The summed E-state index contributed by atoms with van der Waals surface area (Å²) in [5.74, 6) is 1.03. The number of hydrogen-bond donors (Lipinski definition) is 1. The van der Waals surface area contributed by atoms with Crippen LogP contribution in [0.3, 0.4) is 0 Å². The molecule has 1 saturated heterocycles. The highest BCUT2D eigenvalue weighted by Gasteiger charge is 2.22. The first-order valence-corrected chi connectivity index (χ1v) is 8.50. The van der Waals surface area contributed by atoms with Crippen molar-refractivity contribution in [3.05, 3.63) is 29.6 Å². The van der Waals surface area contributed by atoms with Crippen LogP contribution in [0.25, 0.3) is 0 Å². The van der Waals surface area contributed by atoms with Crippen molar-refractivity contribution >= 4 is 11.8 Å². The Bertz CT molecular complexity index is 549. The number of hydrogen-bond acceptors (Lipinski definition) is 3. The van der Waals surface area contributed by atoms with Crippen LogP contribution in [0.4, 0.5) is 0 Å². The second-order valence-corrected chi connectivity index (χ2v) is 6.88. The molecule has 0 aromatic carbocycles. The number of rotatable bonds is 5. The zero-order chi connectivity index (χ0) is 16.8. The van der Waals surface area contributed by atoms with Crippen molar-refractivity contribution in [3.63, 3.8) is 0 Å². The molecule has 2 heterocycles. The SMILES string of the molecule is CC(C)CCNC(=O)c1cncc(C(=O)N2CCC(C)CC2)c1. The van der Waals surface area contributed by atoms with E-state index >= 15 is 0 Å². The first kappa shape index (κ1) is 17.4. The fourth-order valence-electron chi connectivity index (χ4n) is 2.65. The highest BCUT2D eigenvalue weighted by molar-refractivity contribution is 5.99. The Hall–Kier alpha value is -1.91. The van der Waals surface area contributed by atoms with Gasteiger partial charge in [-0.2, -0.15) is 0 Å². The normalized spacial score (nSPS) is 15.7. The smallest absolute Gasteiger partial charge is 0.255 e. The Morgan fingerprint density at radius 3 is 2.57 bits per heavy atom. The molecular formula is C18H27N3O2. The molecule has 23 heavy (non-hydrogen) atoms. The van der Waals surface area contributed by atoms with Crippen molar-refractivity contribution in [2.75, 3.05) is 19.6 Å². The van der Waals surface area contributed by atoms with Gasteiger partial charge in [0.2, 0.25) is 0 Å². The van der Waals surface area contributed by atoms with Gasteiger partial charge in [0, 0.05) is 32.0 Å². The van der Waals surface area contributed by atoms with E-state index in [0.29, 0.717) is 29.5 Å². The van der Waals surface area contributed by atoms with E-state index < -0.39 is 0 Å². The van der Waals surface area contributed by atoms with Crippen molar-refractivity contribution in [2.45, 2.75) is 40.0 Å². The molecule has 1 aromatic heterocycles. The second kappa shape index (κ2) is 8.09. The maximum Gasteiger partial charge on any atom is 0.255 e. The lowest BCUT2D eigenvalue weighted by atomic mass is 9.98. The standard InChI is InChI=1S/C18H27N3O2/c1-13(2)4-7-20-17(22)15-10-16(12-19-11-15)18(23)21-8-5-14(3)6-9-21/h10-14H,4-9H2,1-3H3,(H,20,22). The van der Waals surface area contributed by atoms with Gasteiger partial charge in [-0.15, -0.1) is 0 Å². The topological polar surface area (TPSA) is 62.3 Å². The minimum atomic E-state index is -0.167. The van der Waals surface area contributed by atoms with Crippen LogP contribution in [-0.2, 0) is 0 Å². The summed E-state index contributed by atoms with van der Waals surface area (Å²) in [5, 5.41) is 2.88. The van der Waals surface area contributed by atoms with Gasteiger partial charge in [-0.3, -0.25) is 14.6 Å². The molecule has 2 amide bonds. The van der Waals surface area contributed by atoms with E-state index in [0.717, 1.165) is 32.4 Å². The van der Waals surface area contributed by atoms with Crippen LogP contribution < -0.4 is 5.32 Å². The van der Waals surface area contributed by atoms with Crippen molar-refractivity contribution in [1.29, 1.82) is 0 Å². The summed E-state index contributed by atoms with van der Waals surface area (Å²) in [6, 6.07) is 1.65. The Balaban J connectivity index is 1.98. The number of nitrogens with zero attached hydrogens (tertiary/aromatic N) is 2. The Morgan fingerprint density at radius 2 is 1.91 bits per heavy atom. The van der Waals surface area contributed by atoms with E-state index in [9.17, 15) is 9.59 Å². The third kappa shape index (κ3) is 5.05. The monoisotopic (exact) mass is 317 g/mol. The van der Waals surface area contributed by atoms with E-state index in [2.05, 4.69) is 31.1 Å². The maximum atomic E-state index is 12.5. The molecule has 0 spiro atoms. The molecule has 0 unspecified atom stereocenters. The highest BCUT2D eigenvalue weighted by Crippen LogP contribution is 2.18. The van der Waals surface area contributed by atoms with Gasteiger partial charge >= 0.3 is 0 Å². The summed E-state index contributed by atoms with van der Waals surface area (Å²) in [4.78, 5) is 30.6. The van der Waals surface area contributed by atoms with Gasteiger partial charge in [-0.1, -0.05) is 20.8 Å². The molecule has 5 heteroatoms. The van der Waals surface area contributed by atoms with Crippen LogP contribution in [0.1, 0.15) is 60.7 Å². The molecule has 5 nitrogen and oxygen atoms in total. The molecule has 0 radical (unpaired) electrons. The van der Waals surface area contributed by atoms with Crippen molar-refractivity contribution in [3.8, 4) is 0 Å². The average molecular weight is 317 g/mol. The van der Waals surface area contributed by atoms with Crippen LogP contribution in [-0.4, -0.2) is 41.3 Å². The number of aromatic nitrogens is 1. The minimum absolute atomic E-state index is 0.0266. The molecule has 0 saturated carbocycles. The van der Waals surface area contributed by atoms with Gasteiger partial charge < -0.3 is 10.2 Å². The highest BCUT2D eigenvalue weighted by atomic mass is 16.2. The first-order valence-electron chi connectivity index (χ1n) is 8.50. The summed E-state index contributed by atoms with van der Waals surface area (Å²) in [7, 11) is 0. The number of piperidine rings is 1. The lowest BCUT2D eigenvalue weighted by molar-refractivity contribution is 0.0697. The molecule has 1 fully saturated rings. The van der Waals surface area contributed by atoms with E-state index in [1.807, 2.05) is 4.90 Å². The lowest BCUT2D eigenvalue weighted by Gasteiger charge is -2.30. The van der Waals surface area contributed by atoms with Crippen LogP contribution in [0, 0.1) is 11.8 Å². The van der Waals surface area contributed by atoms with Crippen LogP contribution in [0.5, 0.6) is 0 Å². The molecule has 0 aliphatic carbocycles. The summed E-state index contributed by atoms with van der Waals surface area (Å²) in [5.41, 5.74) is 0.945. The van der Waals surface area contributed by atoms with E-state index in [-0.39, 0.29) is 11.8 Å². The zero-order valence-electron chi connectivity index (χ0n) is 14.3. The maximum absolute atomic E-state index is 12.5. The molecule has 1 aliphatic heterocycles. The predicted molar refractivity (Wildman–Crippen MR) is 90.3 cm³/mol. The second-order valence-electron chi connectivity index (χ2n) is 6.88. The summed E-state index contributed by atoms with van der Waals surface area (Å²) < 4.78 is 0. The van der Waals surface area contributed by atoms with Gasteiger partial charge in [0.25, 0.3) is 11.8 Å². The van der Waals surface area contributed by atoms with Crippen molar-refractivity contribution in [1.82, 2.24) is 15.2 Å². The molecule has 0 atom stereocenters. The molecule has 2 rings (SSSR count). The Labute approximate surface area is 138 Å². The number of carbonyl (C=O) groups excluding carboxylic acids is 2. The minimum Gasteiger partial charge on any atom is -0.352 e. The van der Waals surface area contributed by atoms with Gasteiger partial charge in [0.05, 0.1) is 11.1 Å². The summed E-state index contributed by atoms with van der Waals surface area (Å²) in [6.07, 6.45) is 6.07. The van der Waals surface area contributed by atoms with E-state index in [1.54, 1.807) is 12.3 Å². The van der Waals surface area contributed by atoms with Gasteiger partial charge in [0.1, 0.15) is 0 Å². The summed E-state index contributed by atoms with van der Waals surface area (Å²) >= 11 is 0. The van der Waals surface area contributed by atoms with Crippen LogP contribution >= 0.6 is 0 Å². The zero-order valence-corrected chi connectivity index (χ0v) is 14.3. The predicted octanol–water partition coefficient (Wildman–Crippen LogP) is 2.73. The number of amides is 2. The fraction of sp³-hybridized carbons (Fsp3) is 0.611. The summed E-state index contributed by atoms with van der Waals surface area (Å²) in [6.45, 7) is 8.65. The molecule has 126 valence electrons. The largest absolute Gasteiger partial charge is 0.352 e. The average Bonchev–Trinajstić information content (AvgIpc) is 2.54. The fourth-order valence-corrected chi connectivity index (χ4v) is 2.65. The Kier molecular flexibility index (Phi) is 6.13. The third-order valence-corrected chi connectivity index (χ3v) is 4.33. The molecular weight excluding hydrogens is 290 g/mol. The van der Waals surface area contributed by atoms with Gasteiger partial charge in [-0.25, -0.2) is 0 Å². The number of nitrogens with one attached hydrogen (secondary N) is 1. The van der Waals surface area contributed by atoms with Gasteiger partial charge in [-0.05, 0) is 37.2 Å². The van der Waals surface area contributed by atoms with E-state index in [1.165, 1.54) is 6.20 Å². The molecule has 1 aromatic rings. The molecule has 1 aliphatic rings. The van der Waals surface area contributed by atoms with Crippen molar-refractivity contribution < 1.29 is 9.59 Å². The lowest BCUT2D eigenvalue weighted by Crippen LogP contribution is -2.38. The third-order valence-electron chi connectivity index (χ3n) is 4.33. The Morgan fingerprint density at radius 1 is 1.26 bits per heavy atom. The number of carbonyl (C=O) groups is 2. The first-order chi connectivity index (χ1) is 11.0. The van der Waals surface area contributed by atoms with Crippen LogP contribution in [0.15, 0.2) is 18.5 Å². The number of likely N-dealkylation sites (tertiary alicyclic amines) is 1. The molecule has 1 N–H and O–H groups in total. The quantitative estimate of drug-likeness (QED) is 0.908. The van der Waals surface area contributed by atoms with E-state index in [4.69, 9.17) is 0 Å². The number of pyridine rings is 1. The molecule has 0 bridgehead atoms. The van der Waals surface area contributed by atoms with Gasteiger partial charge in [0.15, 0.2) is 0 Å². The van der Waals surface area contributed by atoms with Crippen LogP contribution in [0.2, 0.25) is 0 Å². The van der Waals surface area contributed by atoms with Crippen molar-refractivity contribution in [2.24, 2.45) is 11.8 Å².